The van der Waals surface area contributed by atoms with Crippen LogP contribution in [0.3, 0.4) is 0 Å². The molecule has 0 unspecified atom stereocenters. The molecule has 0 aliphatic heterocycles. The van der Waals surface area contributed by atoms with Crippen LogP contribution in [0, 0.1) is 5.92 Å². The maximum Gasteiger partial charge on any atom is 0.329 e. The van der Waals surface area contributed by atoms with Gasteiger partial charge in [-0.1, -0.05) is 13.8 Å². The normalized spacial score (nSPS) is 10.8. The number of benzene rings is 1. The Morgan fingerprint density at radius 3 is 2.55 bits per heavy atom. The Morgan fingerprint density at radius 2 is 2.00 bits per heavy atom. The Bertz CT molecular complexity index is 481. The number of hydrogen-bond donors (Lipinski definition) is 2. The van der Waals surface area contributed by atoms with E-state index in [1.165, 1.54) is 6.21 Å². The summed E-state index contributed by atoms with van der Waals surface area (Å²) in [5, 5.41) is 3.61. The van der Waals surface area contributed by atoms with Gasteiger partial charge in [0.05, 0.1) is 12.8 Å². The van der Waals surface area contributed by atoms with Crippen LogP contribution in [0.15, 0.2) is 29.4 Å². The summed E-state index contributed by atoms with van der Waals surface area (Å²) in [6.07, 6.45) is 2.42. The molecule has 1 aromatic rings. The van der Waals surface area contributed by atoms with E-state index in [4.69, 9.17) is 10.5 Å². The topological polar surface area (TPSA) is 93.8 Å². The third-order valence-corrected chi connectivity index (χ3v) is 2.45. The van der Waals surface area contributed by atoms with Crippen LogP contribution < -0.4 is 15.9 Å². The number of nitrogens with two attached hydrogens (primary N) is 1. The molecule has 0 fully saturated rings. The van der Waals surface area contributed by atoms with E-state index >= 15 is 0 Å². The first kappa shape index (κ1) is 15.7. The van der Waals surface area contributed by atoms with Crippen molar-refractivity contribution in [3.05, 3.63) is 29.8 Å². The van der Waals surface area contributed by atoms with E-state index in [0.717, 1.165) is 17.7 Å². The highest BCUT2D eigenvalue weighted by Gasteiger charge is 2.05. The maximum atomic E-state index is 10.8. The average Bonchev–Trinajstić information content (AvgIpc) is 2.40. The summed E-state index contributed by atoms with van der Waals surface area (Å²) in [7, 11) is 0. The fourth-order valence-electron chi connectivity index (χ4n) is 1.28. The minimum atomic E-state index is -1.07. The van der Waals surface area contributed by atoms with Gasteiger partial charge in [-0.25, -0.2) is 5.43 Å². The Morgan fingerprint density at radius 1 is 1.35 bits per heavy atom. The van der Waals surface area contributed by atoms with Crippen molar-refractivity contribution in [3.63, 3.8) is 0 Å². The fraction of sp³-hybridized carbons (Fsp3) is 0.357. The molecule has 0 saturated carbocycles. The van der Waals surface area contributed by atoms with E-state index in [2.05, 4.69) is 18.9 Å². The number of carbonyl (C=O) groups is 2. The first-order chi connectivity index (χ1) is 9.49. The molecule has 108 valence electrons. The van der Waals surface area contributed by atoms with Crippen LogP contribution in [0.1, 0.15) is 25.8 Å². The Labute approximate surface area is 118 Å². The van der Waals surface area contributed by atoms with Gasteiger partial charge in [0.25, 0.3) is 0 Å². The Balaban J connectivity index is 2.44. The van der Waals surface area contributed by atoms with Gasteiger partial charge >= 0.3 is 11.8 Å². The predicted molar refractivity (Wildman–Crippen MR) is 76.3 cm³/mol. The lowest BCUT2D eigenvalue weighted by Gasteiger charge is -2.07. The second-order valence-corrected chi connectivity index (χ2v) is 4.66. The zero-order valence-corrected chi connectivity index (χ0v) is 11.6. The number of carbonyl (C=O) groups excluding carboxylic acids is 2. The molecular weight excluding hydrogens is 258 g/mol. The van der Waals surface area contributed by atoms with Crippen LogP contribution in [0.2, 0.25) is 0 Å². The van der Waals surface area contributed by atoms with Crippen molar-refractivity contribution in [2.75, 3.05) is 6.61 Å². The van der Waals surface area contributed by atoms with Gasteiger partial charge in [-0.3, -0.25) is 9.59 Å². The Kier molecular flexibility index (Phi) is 6.22. The molecular formula is C14H19N3O3. The third kappa shape index (κ3) is 5.99. The molecule has 0 aliphatic rings. The van der Waals surface area contributed by atoms with E-state index in [9.17, 15) is 9.59 Å². The monoisotopic (exact) mass is 277 g/mol. The number of amides is 2. The largest absolute Gasteiger partial charge is 0.494 e. The van der Waals surface area contributed by atoms with Gasteiger partial charge in [0.1, 0.15) is 5.75 Å². The highest BCUT2D eigenvalue weighted by molar-refractivity contribution is 6.34. The van der Waals surface area contributed by atoms with Gasteiger partial charge in [0.2, 0.25) is 0 Å². The second-order valence-electron chi connectivity index (χ2n) is 4.66. The lowest BCUT2D eigenvalue weighted by atomic mass is 10.1. The summed E-state index contributed by atoms with van der Waals surface area (Å²) in [5.41, 5.74) is 7.55. The van der Waals surface area contributed by atoms with Crippen molar-refractivity contribution >= 4 is 18.0 Å². The van der Waals surface area contributed by atoms with Crippen molar-refractivity contribution in [1.82, 2.24) is 5.43 Å². The van der Waals surface area contributed by atoms with Crippen molar-refractivity contribution in [1.29, 1.82) is 0 Å². The quantitative estimate of drug-likeness (QED) is 0.462. The van der Waals surface area contributed by atoms with Crippen molar-refractivity contribution in [2.24, 2.45) is 16.8 Å². The zero-order valence-electron chi connectivity index (χ0n) is 11.6. The minimum absolute atomic E-state index is 0.607. The lowest BCUT2D eigenvalue weighted by Crippen LogP contribution is -2.32. The summed E-state index contributed by atoms with van der Waals surface area (Å²) in [5.74, 6) is -0.634. The fourth-order valence-corrected chi connectivity index (χ4v) is 1.28. The molecule has 0 atom stereocenters. The highest BCUT2D eigenvalue weighted by atomic mass is 16.5. The number of primary amides is 1. The molecule has 0 spiro atoms. The predicted octanol–water partition coefficient (Wildman–Crippen LogP) is 1.05. The molecule has 6 nitrogen and oxygen atoms in total. The third-order valence-electron chi connectivity index (χ3n) is 2.45. The number of rotatable bonds is 6. The molecule has 1 rings (SSSR count). The van der Waals surface area contributed by atoms with Crippen LogP contribution in [0.4, 0.5) is 0 Å². The van der Waals surface area contributed by atoms with Gasteiger partial charge < -0.3 is 10.5 Å². The maximum absolute atomic E-state index is 10.8. The van der Waals surface area contributed by atoms with Crippen LogP contribution in [0.25, 0.3) is 0 Å². The molecule has 0 bridgehead atoms. The molecule has 0 aliphatic carbocycles. The summed E-state index contributed by atoms with van der Waals surface area (Å²) in [6.45, 7) is 4.96. The van der Waals surface area contributed by atoms with Gasteiger partial charge in [-0.05, 0) is 42.2 Å². The SMILES string of the molecule is CC(C)CCOc1ccc(C=NNC(=O)C(N)=O)cc1. The first-order valence-electron chi connectivity index (χ1n) is 6.34. The Hall–Kier alpha value is -2.37. The molecule has 0 aromatic heterocycles. The molecule has 2 amide bonds. The van der Waals surface area contributed by atoms with Gasteiger partial charge in [0, 0.05) is 0 Å². The van der Waals surface area contributed by atoms with E-state index in [1.807, 2.05) is 17.6 Å². The van der Waals surface area contributed by atoms with Gasteiger partial charge in [-0.2, -0.15) is 5.10 Å². The number of ether oxygens (including phenoxy) is 1. The smallest absolute Gasteiger partial charge is 0.329 e. The van der Waals surface area contributed by atoms with E-state index in [-0.39, 0.29) is 0 Å². The van der Waals surface area contributed by atoms with Crippen molar-refractivity contribution in [3.8, 4) is 5.75 Å². The average molecular weight is 277 g/mol. The van der Waals surface area contributed by atoms with Crippen LogP contribution >= 0.6 is 0 Å². The lowest BCUT2D eigenvalue weighted by molar-refractivity contribution is -0.137. The van der Waals surface area contributed by atoms with E-state index < -0.39 is 11.8 Å². The zero-order chi connectivity index (χ0) is 15.0. The number of nitrogens with zero attached hydrogens (tertiary/aromatic N) is 1. The van der Waals surface area contributed by atoms with Gasteiger partial charge in [0.15, 0.2) is 0 Å². The minimum Gasteiger partial charge on any atom is -0.494 e. The van der Waals surface area contributed by atoms with Crippen LogP contribution in [-0.4, -0.2) is 24.6 Å². The standard InChI is InChI=1S/C14H19N3O3/c1-10(2)7-8-20-12-5-3-11(4-6-12)9-16-17-14(19)13(15)18/h3-6,9-10H,7-8H2,1-2H3,(H2,15,18)(H,17,19). The molecule has 0 saturated heterocycles. The molecule has 0 heterocycles. The number of hydrogen-bond acceptors (Lipinski definition) is 4. The molecule has 20 heavy (non-hydrogen) atoms. The summed E-state index contributed by atoms with van der Waals surface area (Å²) in [4.78, 5) is 21.3. The number of hydrazone groups is 1. The number of nitrogens with one attached hydrogen (secondary N) is 1. The van der Waals surface area contributed by atoms with E-state index in [0.29, 0.717) is 12.5 Å². The molecule has 3 N–H and O–H groups in total. The van der Waals surface area contributed by atoms with Crippen molar-refractivity contribution < 1.29 is 14.3 Å². The van der Waals surface area contributed by atoms with Crippen molar-refractivity contribution in [2.45, 2.75) is 20.3 Å². The first-order valence-corrected chi connectivity index (χ1v) is 6.34. The molecule has 6 heteroatoms. The molecule has 1 aromatic carbocycles. The van der Waals surface area contributed by atoms with Crippen LogP contribution in [-0.2, 0) is 9.59 Å². The van der Waals surface area contributed by atoms with E-state index in [1.54, 1.807) is 12.1 Å². The summed E-state index contributed by atoms with van der Waals surface area (Å²) in [6, 6.07) is 7.23. The van der Waals surface area contributed by atoms with Crippen LogP contribution in [0.5, 0.6) is 5.75 Å². The second kappa shape index (κ2) is 7.93. The summed E-state index contributed by atoms with van der Waals surface area (Å²) < 4.78 is 5.57. The summed E-state index contributed by atoms with van der Waals surface area (Å²) >= 11 is 0. The van der Waals surface area contributed by atoms with Gasteiger partial charge in [-0.15, -0.1) is 0 Å². The highest BCUT2D eigenvalue weighted by Crippen LogP contribution is 2.12. The molecule has 0 radical (unpaired) electrons.